The second kappa shape index (κ2) is 6.61. The zero-order valence-electron chi connectivity index (χ0n) is 11.6. The molecule has 0 bridgehead atoms. The quantitative estimate of drug-likeness (QED) is 0.507. The molecule has 1 rings (SSSR count). The lowest BCUT2D eigenvalue weighted by Crippen LogP contribution is -2.31. The molecule has 1 heterocycles. The van der Waals surface area contributed by atoms with Crippen LogP contribution in [-0.4, -0.2) is 34.7 Å². The minimum absolute atomic E-state index is 0.140. The summed E-state index contributed by atoms with van der Waals surface area (Å²) in [6, 6.07) is 0. The molecule has 3 heteroatoms. The maximum atomic E-state index is 2.62. The van der Waals surface area contributed by atoms with Crippen molar-refractivity contribution in [3.8, 4) is 0 Å². The van der Waals surface area contributed by atoms with E-state index in [-0.39, 0.29) is 7.92 Å². The fourth-order valence-corrected chi connectivity index (χ4v) is 6.56. The van der Waals surface area contributed by atoms with E-state index >= 15 is 0 Å². The first-order valence-electron chi connectivity index (χ1n) is 6.66. The Morgan fingerprint density at radius 2 is 1.88 bits per heavy atom. The van der Waals surface area contributed by atoms with Gasteiger partial charge in [-0.2, -0.15) is 0 Å². The summed E-state index contributed by atoms with van der Waals surface area (Å²) in [5, 5.41) is 0. The van der Waals surface area contributed by atoms with Gasteiger partial charge in [-0.15, -0.1) is 0 Å². The monoisotopic (exact) mass is 261 g/mol. The third-order valence-corrected chi connectivity index (χ3v) is 9.56. The van der Waals surface area contributed by atoms with Gasteiger partial charge in [0.1, 0.15) is 0 Å². The molecule has 96 valence electrons. The minimum Gasteiger partial charge on any atom is -0.250 e. The first-order valence-corrected chi connectivity index (χ1v) is 9.40. The summed E-state index contributed by atoms with van der Waals surface area (Å²) in [5.74, 6) is 0.778. The molecule has 0 radical (unpaired) electrons. The van der Waals surface area contributed by atoms with Crippen molar-refractivity contribution in [1.29, 1.82) is 0 Å². The van der Waals surface area contributed by atoms with Crippen LogP contribution in [0.1, 0.15) is 47.0 Å². The lowest BCUT2D eigenvalue weighted by atomic mass is 10.1. The van der Waals surface area contributed by atoms with Gasteiger partial charge in [0.15, 0.2) is 0 Å². The van der Waals surface area contributed by atoms with E-state index in [1.807, 2.05) is 0 Å². The molecule has 0 aromatic rings. The summed E-state index contributed by atoms with van der Waals surface area (Å²) in [6.45, 7) is 14.7. The SMILES string of the molecule is CCCP(C)C(C)(SN1CCCC1)C(C)C. The second-order valence-corrected chi connectivity index (χ2v) is 9.98. The van der Waals surface area contributed by atoms with Gasteiger partial charge >= 0.3 is 0 Å². The van der Waals surface area contributed by atoms with Crippen LogP contribution in [-0.2, 0) is 0 Å². The third-order valence-electron chi connectivity index (χ3n) is 3.77. The highest BCUT2D eigenvalue weighted by molar-refractivity contribution is 8.04. The maximum absolute atomic E-state index is 2.62. The van der Waals surface area contributed by atoms with Gasteiger partial charge in [-0.05, 0) is 38.5 Å². The van der Waals surface area contributed by atoms with Gasteiger partial charge in [0, 0.05) is 17.6 Å². The van der Waals surface area contributed by atoms with E-state index in [1.54, 1.807) is 0 Å². The number of rotatable bonds is 6. The van der Waals surface area contributed by atoms with Crippen molar-refractivity contribution in [2.24, 2.45) is 5.92 Å². The topological polar surface area (TPSA) is 3.24 Å². The predicted molar refractivity (Wildman–Crippen MR) is 79.6 cm³/mol. The summed E-state index contributed by atoms with van der Waals surface area (Å²) in [6.07, 6.45) is 5.56. The molecule has 0 N–H and O–H groups in total. The average molecular weight is 261 g/mol. The first-order chi connectivity index (χ1) is 7.50. The molecule has 0 aromatic carbocycles. The predicted octanol–water partition coefficient (Wildman–Crippen LogP) is 4.62. The summed E-state index contributed by atoms with van der Waals surface area (Å²) < 4.78 is 3.10. The molecule has 1 nitrogen and oxygen atoms in total. The van der Waals surface area contributed by atoms with Gasteiger partial charge < -0.3 is 0 Å². The highest BCUT2D eigenvalue weighted by Gasteiger charge is 2.37. The van der Waals surface area contributed by atoms with Gasteiger partial charge in [-0.3, -0.25) is 0 Å². The van der Waals surface area contributed by atoms with Crippen molar-refractivity contribution in [2.45, 2.75) is 51.4 Å². The Morgan fingerprint density at radius 3 is 2.31 bits per heavy atom. The average Bonchev–Trinajstić information content (AvgIpc) is 2.70. The van der Waals surface area contributed by atoms with Gasteiger partial charge in [0.05, 0.1) is 0 Å². The van der Waals surface area contributed by atoms with Crippen molar-refractivity contribution >= 4 is 19.9 Å². The molecular formula is C13H28NPS. The Hall–Kier alpha value is 0.740. The van der Waals surface area contributed by atoms with Crippen LogP contribution in [0.4, 0.5) is 0 Å². The highest BCUT2D eigenvalue weighted by atomic mass is 32.2. The molecule has 0 saturated carbocycles. The molecular weight excluding hydrogens is 233 g/mol. The normalized spacial score (nSPS) is 23.6. The van der Waals surface area contributed by atoms with Crippen molar-refractivity contribution in [3.63, 3.8) is 0 Å². The van der Waals surface area contributed by atoms with Gasteiger partial charge in [-0.25, -0.2) is 4.31 Å². The lowest BCUT2D eigenvalue weighted by molar-refractivity contribution is 0.539. The molecule has 2 unspecified atom stereocenters. The standard InChI is InChI=1S/C13H28NPS/c1-6-11-15(5)13(4,12(2)3)16-14-9-7-8-10-14/h12H,6-11H2,1-5H3. The number of nitrogens with zero attached hydrogens (tertiary/aromatic N) is 1. The van der Waals surface area contributed by atoms with Crippen LogP contribution in [0.15, 0.2) is 0 Å². The molecule has 0 aliphatic carbocycles. The first kappa shape index (κ1) is 14.8. The van der Waals surface area contributed by atoms with E-state index in [2.05, 4.69) is 50.6 Å². The molecule has 2 atom stereocenters. The molecule has 0 aromatic heterocycles. The number of hydrogen-bond donors (Lipinski definition) is 0. The largest absolute Gasteiger partial charge is 0.250 e. The van der Waals surface area contributed by atoms with Crippen LogP contribution in [0.3, 0.4) is 0 Å². The Morgan fingerprint density at radius 1 is 1.31 bits per heavy atom. The van der Waals surface area contributed by atoms with Crippen molar-refractivity contribution < 1.29 is 0 Å². The zero-order chi connectivity index (χ0) is 12.2. The smallest absolute Gasteiger partial charge is 0.0495 e. The van der Waals surface area contributed by atoms with E-state index in [4.69, 9.17) is 0 Å². The molecule has 1 aliphatic heterocycles. The number of hydrogen-bond acceptors (Lipinski definition) is 2. The van der Waals surface area contributed by atoms with E-state index in [0.29, 0.717) is 4.49 Å². The van der Waals surface area contributed by atoms with E-state index < -0.39 is 0 Å². The second-order valence-electron chi connectivity index (χ2n) is 5.36. The lowest BCUT2D eigenvalue weighted by Gasteiger charge is -2.41. The molecule has 1 aliphatic rings. The Kier molecular flexibility index (Phi) is 6.12. The van der Waals surface area contributed by atoms with Crippen LogP contribution in [0.25, 0.3) is 0 Å². The van der Waals surface area contributed by atoms with Crippen molar-refractivity contribution in [2.75, 3.05) is 25.9 Å². The molecule has 1 fully saturated rings. The molecule has 0 amide bonds. The van der Waals surface area contributed by atoms with E-state index in [9.17, 15) is 0 Å². The Balaban J connectivity index is 2.62. The zero-order valence-corrected chi connectivity index (χ0v) is 13.3. The summed E-state index contributed by atoms with van der Waals surface area (Å²) in [5.41, 5.74) is 0. The Labute approximate surface area is 108 Å². The van der Waals surface area contributed by atoms with Gasteiger partial charge in [0.2, 0.25) is 0 Å². The van der Waals surface area contributed by atoms with Gasteiger partial charge in [-0.1, -0.05) is 47.1 Å². The van der Waals surface area contributed by atoms with Crippen LogP contribution in [0.2, 0.25) is 0 Å². The maximum Gasteiger partial charge on any atom is 0.0495 e. The highest BCUT2D eigenvalue weighted by Crippen LogP contribution is 2.58. The van der Waals surface area contributed by atoms with Crippen LogP contribution < -0.4 is 0 Å². The Bertz CT molecular complexity index is 204. The van der Waals surface area contributed by atoms with Crippen LogP contribution >= 0.6 is 19.9 Å². The summed E-state index contributed by atoms with van der Waals surface area (Å²) in [4.78, 5) is 0. The van der Waals surface area contributed by atoms with Crippen LogP contribution in [0.5, 0.6) is 0 Å². The van der Waals surface area contributed by atoms with Crippen molar-refractivity contribution in [1.82, 2.24) is 4.31 Å². The fraction of sp³-hybridized carbons (Fsp3) is 1.00. The minimum atomic E-state index is 0.140. The molecule has 16 heavy (non-hydrogen) atoms. The molecule has 1 saturated heterocycles. The fourth-order valence-electron chi connectivity index (χ4n) is 2.21. The van der Waals surface area contributed by atoms with Gasteiger partial charge in [0.25, 0.3) is 0 Å². The molecule has 0 spiro atoms. The summed E-state index contributed by atoms with van der Waals surface area (Å²) >= 11 is 2.17. The summed E-state index contributed by atoms with van der Waals surface area (Å²) in [7, 11) is 0.140. The van der Waals surface area contributed by atoms with E-state index in [1.165, 1.54) is 38.5 Å². The third kappa shape index (κ3) is 3.62. The van der Waals surface area contributed by atoms with Crippen molar-refractivity contribution in [3.05, 3.63) is 0 Å². The van der Waals surface area contributed by atoms with Crippen LogP contribution in [0, 0.1) is 5.92 Å². The van der Waals surface area contributed by atoms with E-state index in [0.717, 1.165) is 5.92 Å².